The molecule has 5 aromatic rings. The minimum Gasteiger partial charge on any atom is -0.408 e. The van der Waals surface area contributed by atoms with E-state index < -0.39 is 108 Å². The molecule has 23 nitrogen and oxygen atoms in total. The monoisotopic (exact) mass is 1050 g/mol. The van der Waals surface area contributed by atoms with Crippen LogP contribution in [-0.2, 0) is 53.2 Å². The van der Waals surface area contributed by atoms with E-state index in [1.165, 1.54) is 21.8 Å². The molecule has 0 spiro atoms. The lowest BCUT2D eigenvalue weighted by Crippen LogP contribution is -2.50. The average molecular weight is 1050 g/mol. The predicted molar refractivity (Wildman–Crippen MR) is 257 cm³/mol. The number of halogens is 1. The van der Waals surface area contributed by atoms with Crippen LogP contribution in [0.1, 0.15) is 63.9 Å². The highest BCUT2D eigenvalue weighted by molar-refractivity contribution is 8.44. The number of aromatic amines is 1. The van der Waals surface area contributed by atoms with Crippen molar-refractivity contribution < 1.29 is 55.6 Å². The van der Waals surface area contributed by atoms with Crippen molar-refractivity contribution >= 4 is 92.2 Å². The third kappa shape index (κ3) is 11.7. The van der Waals surface area contributed by atoms with Gasteiger partial charge in [-0.1, -0.05) is 65.1 Å². The van der Waals surface area contributed by atoms with Gasteiger partial charge in [-0.15, -0.1) is 0 Å². The Balaban J connectivity index is 1.18. The number of nitriles is 1. The molecule has 4 aromatic heterocycles. The summed E-state index contributed by atoms with van der Waals surface area (Å²) >= 11 is 9.77. The number of amides is 2. The zero-order valence-corrected chi connectivity index (χ0v) is 42.9. The van der Waals surface area contributed by atoms with Gasteiger partial charge < -0.3 is 33.4 Å². The van der Waals surface area contributed by atoms with E-state index >= 15 is 4.39 Å². The van der Waals surface area contributed by atoms with Gasteiger partial charge >= 0.3 is 6.80 Å². The third-order valence-electron chi connectivity index (χ3n) is 11.7. The number of aliphatic hydroxyl groups excluding tert-OH is 1. The quantitative estimate of drug-likeness (QED) is 0.0292. The molecule has 10 atom stereocenters. The summed E-state index contributed by atoms with van der Waals surface area (Å²) in [6.45, 7) is 7.25. The number of benzene rings is 1. The smallest absolute Gasteiger partial charge is 0.386 e. The van der Waals surface area contributed by atoms with E-state index in [0.717, 1.165) is 6.33 Å². The second-order valence-corrected chi connectivity index (χ2v) is 27.4. The number of rotatable bonds is 19. The summed E-state index contributed by atoms with van der Waals surface area (Å²) in [6.07, 6.45) is -7.76. The molecule has 69 heavy (non-hydrogen) atoms. The number of hydrogen-bond acceptors (Lipinski definition) is 19. The predicted octanol–water partition coefficient (Wildman–Crippen LogP) is 5.58. The summed E-state index contributed by atoms with van der Waals surface area (Å²) in [6, 6.07) is 10.3. The van der Waals surface area contributed by atoms with Crippen molar-refractivity contribution in [1.82, 2.24) is 39.0 Å². The molecule has 29 heteroatoms. The summed E-state index contributed by atoms with van der Waals surface area (Å²) in [5.41, 5.74) is -0.335. The Hall–Kier alpha value is -4.39. The minimum atomic E-state index is -4.62. The maximum absolute atomic E-state index is 16.9. The van der Waals surface area contributed by atoms with E-state index in [9.17, 15) is 24.1 Å². The maximum atomic E-state index is 16.9. The zero-order valence-electron chi connectivity index (χ0n) is 38.3. The first kappa shape index (κ1) is 52.4. The number of H-pyrrole nitrogens is 1. The first-order valence-corrected chi connectivity index (χ1v) is 29.6. The van der Waals surface area contributed by atoms with Gasteiger partial charge in [0.1, 0.15) is 36.8 Å². The largest absolute Gasteiger partial charge is 0.408 e. The van der Waals surface area contributed by atoms with Crippen LogP contribution in [0, 0.1) is 17.2 Å². The van der Waals surface area contributed by atoms with Gasteiger partial charge in [-0.25, -0.2) is 28.9 Å². The van der Waals surface area contributed by atoms with Gasteiger partial charge in [0.15, 0.2) is 62.2 Å². The van der Waals surface area contributed by atoms with E-state index in [2.05, 4.69) is 52.8 Å². The van der Waals surface area contributed by atoms with E-state index in [0.29, 0.717) is 5.56 Å². The van der Waals surface area contributed by atoms with Gasteiger partial charge in [-0.2, -0.15) is 10.2 Å². The van der Waals surface area contributed by atoms with Crippen molar-refractivity contribution in [2.75, 3.05) is 30.5 Å². The van der Waals surface area contributed by atoms with Crippen LogP contribution in [0.2, 0.25) is 18.1 Å². The molecule has 2 saturated heterocycles. The van der Waals surface area contributed by atoms with Crippen LogP contribution in [0.15, 0.2) is 54.1 Å². The molecule has 7 rings (SSSR count). The molecule has 0 bridgehead atoms. The summed E-state index contributed by atoms with van der Waals surface area (Å²) in [4.78, 5) is 62.8. The van der Waals surface area contributed by atoms with Crippen molar-refractivity contribution in [2.24, 2.45) is 5.92 Å². The Morgan fingerprint density at radius 1 is 1.04 bits per heavy atom. The maximum Gasteiger partial charge on any atom is 0.386 e. The van der Waals surface area contributed by atoms with Gasteiger partial charge in [0.2, 0.25) is 11.9 Å². The number of thiol groups is 1. The van der Waals surface area contributed by atoms with Crippen molar-refractivity contribution in [3.05, 3.63) is 65.2 Å². The average Bonchev–Trinajstić information content (AvgIpc) is 4.07. The second kappa shape index (κ2) is 21.5. The van der Waals surface area contributed by atoms with Gasteiger partial charge in [0.25, 0.3) is 11.5 Å². The highest BCUT2D eigenvalue weighted by Crippen LogP contribution is 2.58. The number of ether oxygens (including phenoxy) is 2. The highest BCUT2D eigenvalue weighted by atomic mass is 32.7. The van der Waals surface area contributed by atoms with Crippen LogP contribution in [0.25, 0.3) is 22.3 Å². The minimum absolute atomic E-state index is 0.00592. The van der Waals surface area contributed by atoms with Gasteiger partial charge in [0, 0.05) is 11.5 Å². The van der Waals surface area contributed by atoms with Crippen molar-refractivity contribution in [2.45, 2.75) is 108 Å². The van der Waals surface area contributed by atoms with Gasteiger partial charge in [-0.3, -0.25) is 42.9 Å². The normalized spacial score (nSPS) is 24.4. The Bertz CT molecular complexity index is 2850. The molecule has 0 saturated carbocycles. The fourth-order valence-corrected chi connectivity index (χ4v) is 11.3. The Labute approximate surface area is 406 Å². The van der Waals surface area contributed by atoms with E-state index in [1.54, 1.807) is 44.2 Å². The summed E-state index contributed by atoms with van der Waals surface area (Å²) < 4.78 is 77.0. The molecular formula is C40H52FN11O12P2S2Si. The zero-order chi connectivity index (χ0) is 50.0. The fraction of sp³-hybridized carbons (Fsp3) is 0.525. The van der Waals surface area contributed by atoms with Crippen LogP contribution < -0.4 is 16.2 Å². The Morgan fingerprint density at radius 3 is 2.39 bits per heavy atom. The summed E-state index contributed by atoms with van der Waals surface area (Å²) in [5.74, 6) is -1.49. The van der Waals surface area contributed by atoms with Crippen molar-refractivity contribution in [3.63, 3.8) is 0 Å². The molecule has 372 valence electrons. The van der Waals surface area contributed by atoms with E-state index in [-0.39, 0.29) is 52.2 Å². The number of nitrogens with zero attached hydrogens (tertiary/aromatic N) is 8. The number of carbonyl (C=O) groups is 2. The number of hydrogen-bond donors (Lipinski definition) is 5. The van der Waals surface area contributed by atoms with Crippen LogP contribution in [0.4, 0.5) is 16.2 Å². The topological polar surface area (TPSA) is 291 Å². The molecule has 0 aliphatic carbocycles. The van der Waals surface area contributed by atoms with Gasteiger partial charge in [0.05, 0.1) is 45.0 Å². The number of fused-ring (bicyclic) bond motifs is 2. The molecule has 6 heterocycles. The summed E-state index contributed by atoms with van der Waals surface area (Å²) in [7, 11) is -5.40. The van der Waals surface area contributed by atoms with Gasteiger partial charge in [-0.05, 0) is 42.1 Å². The lowest BCUT2D eigenvalue weighted by atomic mass is 10.1. The number of aliphatic hydroxyl groups is 1. The van der Waals surface area contributed by atoms with Crippen LogP contribution >= 0.6 is 26.2 Å². The molecule has 4 unspecified atom stereocenters. The fourth-order valence-electron chi connectivity index (χ4n) is 7.05. The second-order valence-electron chi connectivity index (χ2n) is 17.8. The number of anilines is 2. The standard InChI is InChI=1S/C40H52FN11O12P2S2Si/c1-21(2)34(54)49-39-48-33-27(36(56)50-39)46-20-52(33)38-30(29(23(16-53)60-38)64-69(6,7)40(3,4)5)63-66(57,68)59-17-24-28(62-65(67)58-15-11-14-42)25(41)37(61-24)51-19-45-26-31(43-18-44-32(26)51)47-35(55)22-12-9-8-10-13-22/h8-10,12-13,18-21,23-25,28-30,37-38,53,65H,11,15-17H2,1-7H3,(H,57,68)(H,43,44,47,55)(H2,48,49,50,54,56)/t23-,24-,25+,28?,29?,30+,37-,38-,66?/m1/s1. The van der Waals surface area contributed by atoms with E-state index in [1.807, 2.05) is 39.9 Å². The molecule has 2 aliphatic heterocycles. The number of nitrogens with one attached hydrogen (secondary N) is 3. The van der Waals surface area contributed by atoms with Crippen molar-refractivity contribution in [3.8, 4) is 6.07 Å². The Morgan fingerprint density at radius 2 is 1.72 bits per heavy atom. The lowest BCUT2D eigenvalue weighted by molar-refractivity contribution is -0.118. The molecule has 2 aliphatic rings. The molecule has 1 aromatic carbocycles. The highest BCUT2D eigenvalue weighted by Gasteiger charge is 2.54. The lowest BCUT2D eigenvalue weighted by Gasteiger charge is -2.40. The molecule has 2 amide bonds. The molecule has 2 fully saturated rings. The number of alkyl halides is 1. The van der Waals surface area contributed by atoms with E-state index in [4.69, 9.17) is 49.1 Å². The number of aromatic nitrogens is 8. The number of carbonyl (C=O) groups excluding carboxylic acids is 2. The molecule has 0 radical (unpaired) electrons. The molecular weight excluding hydrogens is 1000 g/mol. The molecule has 4 N–H and O–H groups in total. The number of imidazole rings is 2. The first-order chi connectivity index (χ1) is 32.6. The summed E-state index contributed by atoms with van der Waals surface area (Å²) in [5, 5.41) is 24.6. The van der Waals surface area contributed by atoms with Crippen LogP contribution in [-0.4, -0.2) is 121 Å². The Kier molecular flexibility index (Phi) is 16.4. The first-order valence-electron chi connectivity index (χ1n) is 21.5. The van der Waals surface area contributed by atoms with Crippen LogP contribution in [0.5, 0.6) is 0 Å². The van der Waals surface area contributed by atoms with Crippen molar-refractivity contribution in [1.29, 1.82) is 5.26 Å². The third-order valence-corrected chi connectivity index (χ3v) is 19.3. The van der Waals surface area contributed by atoms with Crippen LogP contribution in [0.3, 0.4) is 0 Å². The SMILES string of the molecule is CC(C)C(=O)Nc1nc2c(ncn2[C@@H]2O[C@H](CO)C(O[Si](C)(C)C(C)(C)C)[C@@H]2OP(=O)(S)OC[C@H]2O[C@@H](n3cnc4c(NC(=O)c5ccccc5)ncnc43)[C@@H](F)C2O[PH](=S)OCCC#N)c(=O)[nH]1.